The molecule has 0 atom stereocenters. The van der Waals surface area contributed by atoms with Gasteiger partial charge in [0.1, 0.15) is 40.2 Å². The predicted molar refractivity (Wildman–Crippen MR) is 380 cm³/mol. The fraction of sp³-hybridized carbons (Fsp3) is 0.494. The van der Waals surface area contributed by atoms with Crippen molar-refractivity contribution in [1.82, 2.24) is 0 Å². The van der Waals surface area contributed by atoms with E-state index in [9.17, 15) is 14.4 Å². The summed E-state index contributed by atoms with van der Waals surface area (Å²) in [5, 5.41) is 0. The molecule has 0 heterocycles. The smallest absolute Gasteiger partial charge is 0.343 e. The van der Waals surface area contributed by atoms with Crippen LogP contribution >= 0.6 is 0 Å². The highest BCUT2D eigenvalue weighted by Gasteiger charge is 2.16. The van der Waals surface area contributed by atoms with Gasteiger partial charge in [-0.3, -0.25) is 9.98 Å². The van der Waals surface area contributed by atoms with Crippen LogP contribution in [0, 0.1) is 0 Å². The van der Waals surface area contributed by atoms with Gasteiger partial charge in [0.05, 0.1) is 54.5 Å². The van der Waals surface area contributed by atoms with Crippen molar-refractivity contribution >= 4 is 41.7 Å². The van der Waals surface area contributed by atoms with E-state index in [0.717, 1.165) is 62.5 Å². The highest BCUT2D eigenvalue weighted by molar-refractivity contribution is 5.94. The van der Waals surface area contributed by atoms with Crippen molar-refractivity contribution in [3.8, 4) is 40.2 Å². The average Bonchev–Trinajstić information content (AvgIpc) is 2.23. The second kappa shape index (κ2) is 46.4. The minimum absolute atomic E-state index is 0.364. The topological polar surface area (TPSA) is 141 Å². The molecule has 6 aromatic rings. The van der Waals surface area contributed by atoms with Gasteiger partial charge >= 0.3 is 17.9 Å². The summed E-state index contributed by atoms with van der Waals surface area (Å²) in [6.45, 7) is 11.3. The van der Waals surface area contributed by atoms with E-state index in [1.807, 2.05) is 24.3 Å². The predicted octanol–water partition coefficient (Wildman–Crippen LogP) is 22.9. The van der Waals surface area contributed by atoms with Crippen molar-refractivity contribution in [1.29, 1.82) is 0 Å². The number of carbonyl (C=O) groups is 3. The van der Waals surface area contributed by atoms with Crippen LogP contribution in [0.1, 0.15) is 275 Å². The molecule has 0 aromatic heterocycles. The van der Waals surface area contributed by atoms with Crippen molar-refractivity contribution in [2.45, 2.75) is 233 Å². The number of nitrogens with zero attached hydrogens (tertiary/aromatic N) is 2. The van der Waals surface area contributed by atoms with Crippen molar-refractivity contribution in [2.24, 2.45) is 9.98 Å². The molecule has 6 rings (SSSR count). The number of ether oxygens (including phenoxy) is 7. The van der Waals surface area contributed by atoms with Gasteiger partial charge < -0.3 is 33.2 Å². The van der Waals surface area contributed by atoms with Gasteiger partial charge in [0, 0.05) is 36.7 Å². The number of unbranched alkanes of at least 4 members (excludes halogenated alkanes) is 28. The highest BCUT2D eigenvalue weighted by atomic mass is 16.5. The number of hydrogen-bond donors (Lipinski definition) is 0. The third kappa shape index (κ3) is 31.6. The molecule has 0 saturated heterocycles. The molecule has 0 bridgehead atoms. The molecule has 6 aromatic carbocycles. The number of hydrogen-bond acceptors (Lipinski definition) is 12. The Labute approximate surface area is 557 Å². The zero-order chi connectivity index (χ0) is 65.6. The standard InChI is InChI=1S/C81H108N2O10/c1-5-9-13-17-21-25-29-33-53-87-74-57-69(58-75(59-74)88-54-34-30-26-22-18-14-10-6-2)81(86)92-73-51-47-71(48-52-73)83-63-65-37-41-67(42-38-65)79(84)91-72-49-39-66(40-50-72)64-82-70-45-43-68(44-46-70)80(85)93-78-61-76(89-55-35-31-27-23-19-15-11-7-3)60-77(62-78)90-56-36-32-28-24-20-16-12-8-4/h37-52,57-64H,5-36,53-56H2,1-4H3. The number of carbonyl (C=O) groups excluding carboxylic acids is 3. The molecule has 12 heteroatoms. The molecule has 0 aliphatic rings. The van der Waals surface area contributed by atoms with Gasteiger partial charge in [0.15, 0.2) is 0 Å². The summed E-state index contributed by atoms with van der Waals surface area (Å²) in [6, 6.07) is 38.7. The van der Waals surface area contributed by atoms with Gasteiger partial charge in [0.2, 0.25) is 0 Å². The summed E-state index contributed by atoms with van der Waals surface area (Å²) in [7, 11) is 0. The Morgan fingerprint density at radius 2 is 0.516 bits per heavy atom. The van der Waals surface area contributed by atoms with Crippen LogP contribution in [0.25, 0.3) is 0 Å². The summed E-state index contributed by atoms with van der Waals surface area (Å²) in [6.07, 6.45) is 42.3. The lowest BCUT2D eigenvalue weighted by molar-refractivity contribution is 0.0724. The van der Waals surface area contributed by atoms with E-state index in [1.165, 1.54) is 154 Å². The van der Waals surface area contributed by atoms with Crippen molar-refractivity contribution < 1.29 is 47.5 Å². The van der Waals surface area contributed by atoms with Crippen molar-refractivity contribution in [2.75, 3.05) is 26.4 Å². The van der Waals surface area contributed by atoms with E-state index in [1.54, 1.807) is 122 Å². The molecule has 0 aliphatic heterocycles. The minimum atomic E-state index is -0.500. The fourth-order valence-corrected chi connectivity index (χ4v) is 10.7. The molecule has 0 N–H and O–H groups in total. The van der Waals surface area contributed by atoms with E-state index in [0.29, 0.717) is 94.7 Å². The summed E-state index contributed by atoms with van der Waals surface area (Å²) in [5.74, 6) is 2.10. The SMILES string of the molecule is CCCCCCCCCCOc1cc(OCCCCCCCCCC)cc(OC(=O)c2ccc(N=Cc3ccc(OC(=O)c4ccc(C=Nc5ccc(OC(=O)c6cc(OCCCCCCCCCC)cc(OCCCCCCCCCC)c6)cc5)cc4)cc3)cc2)c1. The lowest BCUT2D eigenvalue weighted by atomic mass is 10.1. The number of esters is 3. The minimum Gasteiger partial charge on any atom is -0.493 e. The van der Waals surface area contributed by atoms with Crippen LogP contribution in [-0.2, 0) is 0 Å². The Balaban J connectivity index is 0.944. The Kier molecular flexibility index (Phi) is 37.0. The maximum absolute atomic E-state index is 13.6. The Morgan fingerprint density at radius 1 is 0.269 bits per heavy atom. The third-order valence-corrected chi connectivity index (χ3v) is 16.4. The van der Waals surface area contributed by atoms with Crippen molar-refractivity contribution in [3.05, 3.63) is 161 Å². The molecule has 93 heavy (non-hydrogen) atoms. The summed E-state index contributed by atoms with van der Waals surface area (Å²) >= 11 is 0. The molecule has 0 spiro atoms. The van der Waals surface area contributed by atoms with Crippen molar-refractivity contribution in [3.63, 3.8) is 0 Å². The molecule has 0 fully saturated rings. The first-order chi connectivity index (χ1) is 45.7. The van der Waals surface area contributed by atoms with Gasteiger partial charge in [-0.05, 0) is 134 Å². The Bertz CT molecular complexity index is 2980. The zero-order valence-electron chi connectivity index (χ0n) is 56.8. The summed E-state index contributed by atoms with van der Waals surface area (Å²) < 4.78 is 42.1. The molecule has 12 nitrogen and oxygen atoms in total. The molecule has 0 amide bonds. The third-order valence-electron chi connectivity index (χ3n) is 16.4. The van der Waals surface area contributed by atoms with Gasteiger partial charge in [-0.25, -0.2) is 14.4 Å². The molecule has 0 unspecified atom stereocenters. The van der Waals surface area contributed by atoms with E-state index in [-0.39, 0.29) is 0 Å². The molecular weight excluding hydrogens is 1160 g/mol. The molecule has 0 radical (unpaired) electrons. The van der Waals surface area contributed by atoms with Crippen LogP contribution in [0.4, 0.5) is 11.4 Å². The van der Waals surface area contributed by atoms with Gasteiger partial charge in [-0.15, -0.1) is 0 Å². The van der Waals surface area contributed by atoms with Crippen LogP contribution in [0.2, 0.25) is 0 Å². The Hall–Kier alpha value is -7.73. The zero-order valence-corrected chi connectivity index (χ0v) is 56.8. The monoisotopic (exact) mass is 1270 g/mol. The lowest BCUT2D eigenvalue weighted by Gasteiger charge is -2.13. The summed E-state index contributed by atoms with van der Waals surface area (Å²) in [5.41, 5.74) is 4.02. The molecule has 0 aliphatic carbocycles. The maximum Gasteiger partial charge on any atom is 0.343 e. The molecular formula is C81H108N2O10. The normalized spacial score (nSPS) is 11.3. The Morgan fingerprint density at radius 3 is 0.860 bits per heavy atom. The van der Waals surface area contributed by atoms with Gasteiger partial charge in [-0.2, -0.15) is 0 Å². The first kappa shape index (κ1) is 74.3. The highest BCUT2D eigenvalue weighted by Crippen LogP contribution is 2.31. The fourth-order valence-electron chi connectivity index (χ4n) is 10.7. The van der Waals surface area contributed by atoms with Gasteiger partial charge in [-0.1, -0.05) is 220 Å². The second-order valence-corrected chi connectivity index (χ2v) is 24.5. The summed E-state index contributed by atoms with van der Waals surface area (Å²) in [4.78, 5) is 49.4. The van der Waals surface area contributed by atoms with Gasteiger partial charge in [0.25, 0.3) is 0 Å². The molecule has 0 saturated carbocycles. The van der Waals surface area contributed by atoms with E-state index >= 15 is 0 Å². The van der Waals surface area contributed by atoms with E-state index in [2.05, 4.69) is 37.7 Å². The van der Waals surface area contributed by atoms with Crippen LogP contribution in [0.15, 0.2) is 143 Å². The number of aliphatic imine (C=N–C) groups is 2. The number of rotatable bonds is 50. The van der Waals surface area contributed by atoms with E-state index < -0.39 is 17.9 Å². The van der Waals surface area contributed by atoms with Crippen LogP contribution < -0.4 is 33.2 Å². The quantitative estimate of drug-likeness (QED) is 0.0157. The van der Waals surface area contributed by atoms with Crippen LogP contribution in [0.3, 0.4) is 0 Å². The molecule has 502 valence electrons. The van der Waals surface area contributed by atoms with Crippen LogP contribution in [-0.4, -0.2) is 56.8 Å². The average molecular weight is 1270 g/mol. The second-order valence-electron chi connectivity index (χ2n) is 24.5. The first-order valence-corrected chi connectivity index (χ1v) is 35.7. The van der Waals surface area contributed by atoms with Crippen LogP contribution in [0.5, 0.6) is 40.2 Å². The van der Waals surface area contributed by atoms with E-state index in [4.69, 9.17) is 33.2 Å². The lowest BCUT2D eigenvalue weighted by Crippen LogP contribution is -2.10. The first-order valence-electron chi connectivity index (χ1n) is 35.7. The largest absolute Gasteiger partial charge is 0.493 e. The maximum atomic E-state index is 13.6. The number of benzene rings is 6.